The molecule has 31 heavy (non-hydrogen) atoms. The van der Waals surface area contributed by atoms with Crippen LogP contribution in [0.15, 0.2) is 30.6 Å². The lowest BCUT2D eigenvalue weighted by Gasteiger charge is -2.34. The van der Waals surface area contributed by atoms with Crippen LogP contribution in [0.1, 0.15) is 12.5 Å². The van der Waals surface area contributed by atoms with Gasteiger partial charge < -0.3 is 20.3 Å². The van der Waals surface area contributed by atoms with Gasteiger partial charge in [0.2, 0.25) is 0 Å². The van der Waals surface area contributed by atoms with Crippen LogP contribution >= 0.6 is 0 Å². The smallest absolute Gasteiger partial charge is 0.327 e. The van der Waals surface area contributed by atoms with Crippen LogP contribution in [0.2, 0.25) is 0 Å². The van der Waals surface area contributed by atoms with Crippen LogP contribution in [-0.2, 0) is 13.5 Å². The molecule has 2 amide bonds. The number of anilines is 3. The maximum absolute atomic E-state index is 13.2. The maximum atomic E-state index is 13.2. The Labute approximate surface area is 181 Å². The predicted octanol–water partition coefficient (Wildman–Crippen LogP) is 2.37. The first-order valence-electron chi connectivity index (χ1n) is 10.6. The molecule has 3 aromatic rings. The number of piperazine rings is 1. The average molecular weight is 422 g/mol. The fourth-order valence-electron chi connectivity index (χ4n) is 4.54. The summed E-state index contributed by atoms with van der Waals surface area (Å²) < 4.78 is 7.24. The topological polar surface area (TPSA) is 87.5 Å². The molecule has 2 aromatic heterocycles. The number of nitrogens with zero attached hydrogens (tertiary/aromatic N) is 5. The van der Waals surface area contributed by atoms with Gasteiger partial charge in [-0.3, -0.25) is 9.58 Å². The Morgan fingerprint density at radius 1 is 1.32 bits per heavy atom. The quantitative estimate of drug-likeness (QED) is 0.675. The van der Waals surface area contributed by atoms with Crippen LogP contribution in [0.25, 0.3) is 10.9 Å². The Morgan fingerprint density at radius 3 is 3.00 bits per heavy atom. The molecule has 9 heteroatoms. The van der Waals surface area contributed by atoms with Gasteiger partial charge in [0, 0.05) is 74.4 Å². The SMILES string of the molecule is COc1cc2nn(C)cc2cc1NC(=O)N1CCc2c(N3CCN[C@H](C)C3)ccnc21. The number of fused-ring (bicyclic) bond motifs is 2. The van der Waals surface area contributed by atoms with Crippen LogP contribution in [0, 0.1) is 0 Å². The van der Waals surface area contributed by atoms with Crippen molar-refractivity contribution in [1.82, 2.24) is 20.1 Å². The van der Waals surface area contributed by atoms with E-state index in [4.69, 9.17) is 4.74 Å². The van der Waals surface area contributed by atoms with Crippen molar-refractivity contribution in [3.63, 3.8) is 0 Å². The lowest BCUT2D eigenvalue weighted by Crippen LogP contribution is -2.49. The molecule has 1 saturated heterocycles. The fourth-order valence-corrected chi connectivity index (χ4v) is 4.54. The Kier molecular flexibility index (Phi) is 4.90. The van der Waals surface area contributed by atoms with E-state index in [0.29, 0.717) is 24.0 Å². The van der Waals surface area contributed by atoms with Gasteiger partial charge in [0.25, 0.3) is 0 Å². The van der Waals surface area contributed by atoms with Gasteiger partial charge in [-0.05, 0) is 25.5 Å². The predicted molar refractivity (Wildman–Crippen MR) is 121 cm³/mol. The molecule has 2 aliphatic heterocycles. The van der Waals surface area contributed by atoms with Gasteiger partial charge in [0.1, 0.15) is 11.6 Å². The highest BCUT2D eigenvalue weighted by molar-refractivity contribution is 6.05. The molecule has 1 aromatic carbocycles. The molecule has 0 unspecified atom stereocenters. The van der Waals surface area contributed by atoms with E-state index in [-0.39, 0.29) is 6.03 Å². The molecule has 0 radical (unpaired) electrons. The second-order valence-corrected chi connectivity index (χ2v) is 8.18. The highest BCUT2D eigenvalue weighted by Gasteiger charge is 2.31. The number of pyridine rings is 1. The number of hydrogen-bond acceptors (Lipinski definition) is 6. The lowest BCUT2D eigenvalue weighted by atomic mass is 10.1. The molecule has 162 valence electrons. The summed E-state index contributed by atoms with van der Waals surface area (Å²) in [7, 11) is 3.46. The van der Waals surface area contributed by atoms with Crippen molar-refractivity contribution in [3.8, 4) is 5.75 Å². The summed E-state index contributed by atoms with van der Waals surface area (Å²) in [6.07, 6.45) is 4.51. The first kappa shape index (κ1) is 19.6. The van der Waals surface area contributed by atoms with Crippen LogP contribution in [-0.4, -0.2) is 60.1 Å². The van der Waals surface area contributed by atoms with Crippen LogP contribution in [0.3, 0.4) is 0 Å². The lowest BCUT2D eigenvalue weighted by molar-refractivity contribution is 0.257. The van der Waals surface area contributed by atoms with E-state index in [9.17, 15) is 4.79 Å². The number of methoxy groups -OCH3 is 1. The Balaban J connectivity index is 1.41. The van der Waals surface area contributed by atoms with E-state index in [0.717, 1.165) is 48.3 Å². The number of carbonyl (C=O) groups excluding carboxylic acids is 1. The number of urea groups is 1. The van der Waals surface area contributed by atoms with E-state index in [1.54, 1.807) is 22.9 Å². The summed E-state index contributed by atoms with van der Waals surface area (Å²) >= 11 is 0. The normalized spacial score (nSPS) is 18.4. The number of aryl methyl sites for hydroxylation is 1. The van der Waals surface area contributed by atoms with Gasteiger partial charge in [-0.1, -0.05) is 0 Å². The fraction of sp³-hybridized carbons (Fsp3) is 0.409. The van der Waals surface area contributed by atoms with Crippen molar-refractivity contribution in [2.75, 3.05) is 48.4 Å². The molecule has 9 nitrogen and oxygen atoms in total. The van der Waals surface area contributed by atoms with Crippen LogP contribution in [0.4, 0.5) is 22.0 Å². The zero-order chi connectivity index (χ0) is 21.5. The molecule has 0 spiro atoms. The summed E-state index contributed by atoms with van der Waals surface area (Å²) in [4.78, 5) is 21.9. The summed E-state index contributed by atoms with van der Waals surface area (Å²) in [5, 5.41) is 11.8. The van der Waals surface area contributed by atoms with E-state index in [1.165, 1.54) is 5.69 Å². The van der Waals surface area contributed by atoms with Gasteiger partial charge in [0.15, 0.2) is 0 Å². The number of benzene rings is 1. The third-order valence-electron chi connectivity index (χ3n) is 5.99. The molecule has 5 rings (SSSR count). The summed E-state index contributed by atoms with van der Waals surface area (Å²) in [5.41, 5.74) is 3.76. The average Bonchev–Trinajstić information content (AvgIpc) is 3.35. The monoisotopic (exact) mass is 421 g/mol. The minimum atomic E-state index is -0.210. The standard InChI is InChI=1S/C22H27N7O2/c1-14-12-28(9-7-23-14)19-4-6-24-21-16(19)5-8-29(21)22(30)25-18-10-15-13-27(2)26-17(15)11-20(18)31-3/h4,6,10-11,13-14,23H,5,7-9,12H2,1-3H3,(H,25,30)/t14-/m1/s1. The highest BCUT2D eigenvalue weighted by atomic mass is 16.5. The second-order valence-electron chi connectivity index (χ2n) is 8.18. The van der Waals surface area contributed by atoms with Crippen molar-refractivity contribution in [1.29, 1.82) is 0 Å². The summed E-state index contributed by atoms with van der Waals surface area (Å²) in [6.45, 7) is 5.66. The Hall–Kier alpha value is -3.33. The Morgan fingerprint density at radius 2 is 2.19 bits per heavy atom. The third-order valence-corrected chi connectivity index (χ3v) is 5.99. The first-order valence-corrected chi connectivity index (χ1v) is 10.6. The molecule has 0 bridgehead atoms. The minimum Gasteiger partial charge on any atom is -0.494 e. The van der Waals surface area contributed by atoms with Gasteiger partial charge >= 0.3 is 6.03 Å². The summed E-state index contributed by atoms with van der Waals surface area (Å²) in [5.74, 6) is 1.32. The molecule has 1 atom stereocenters. The molecule has 0 aliphatic carbocycles. The molecule has 0 saturated carbocycles. The number of ether oxygens (including phenoxy) is 1. The van der Waals surface area contributed by atoms with Crippen LogP contribution < -0.4 is 25.2 Å². The third kappa shape index (κ3) is 3.54. The molecule has 4 heterocycles. The number of nitrogens with one attached hydrogen (secondary N) is 2. The van der Waals surface area contributed by atoms with Gasteiger partial charge in [-0.2, -0.15) is 5.10 Å². The van der Waals surface area contributed by atoms with Gasteiger partial charge in [0.05, 0.1) is 18.3 Å². The van der Waals surface area contributed by atoms with Gasteiger partial charge in [-0.15, -0.1) is 0 Å². The molecule has 1 fully saturated rings. The largest absolute Gasteiger partial charge is 0.494 e. The van der Waals surface area contributed by atoms with Crippen molar-refractivity contribution in [2.24, 2.45) is 7.05 Å². The van der Waals surface area contributed by atoms with Crippen molar-refractivity contribution in [2.45, 2.75) is 19.4 Å². The number of hydrogen-bond donors (Lipinski definition) is 2. The van der Waals surface area contributed by atoms with E-state index >= 15 is 0 Å². The number of rotatable bonds is 3. The number of amides is 2. The summed E-state index contributed by atoms with van der Waals surface area (Å²) in [6, 6.07) is 6.02. The second kappa shape index (κ2) is 7.73. The highest BCUT2D eigenvalue weighted by Crippen LogP contribution is 2.35. The molecule has 2 N–H and O–H groups in total. The zero-order valence-electron chi connectivity index (χ0n) is 18.1. The van der Waals surface area contributed by atoms with Gasteiger partial charge in [-0.25, -0.2) is 9.78 Å². The number of carbonyl (C=O) groups is 1. The Bertz CT molecular complexity index is 1140. The number of aromatic nitrogens is 3. The zero-order valence-corrected chi connectivity index (χ0v) is 18.1. The maximum Gasteiger partial charge on any atom is 0.327 e. The first-order chi connectivity index (χ1) is 15.0. The van der Waals surface area contributed by atoms with Crippen LogP contribution in [0.5, 0.6) is 5.75 Å². The molecular formula is C22H27N7O2. The molecule has 2 aliphatic rings. The van der Waals surface area contributed by atoms with Crippen molar-refractivity contribution in [3.05, 3.63) is 36.2 Å². The van der Waals surface area contributed by atoms with Crippen molar-refractivity contribution >= 4 is 34.1 Å². The van der Waals surface area contributed by atoms with E-state index in [1.807, 2.05) is 25.4 Å². The van der Waals surface area contributed by atoms with E-state index < -0.39 is 0 Å². The molecular weight excluding hydrogens is 394 g/mol. The van der Waals surface area contributed by atoms with Crippen molar-refractivity contribution < 1.29 is 9.53 Å². The van der Waals surface area contributed by atoms with E-state index in [2.05, 4.69) is 38.6 Å². The minimum absolute atomic E-state index is 0.210.